The van der Waals surface area contributed by atoms with Crippen molar-refractivity contribution >= 4 is 28.8 Å². The van der Waals surface area contributed by atoms with Crippen LogP contribution >= 0.6 is 11.6 Å². The van der Waals surface area contributed by atoms with E-state index in [1.165, 1.54) is 16.8 Å². The highest BCUT2D eigenvalue weighted by Crippen LogP contribution is 2.36. The summed E-state index contributed by atoms with van der Waals surface area (Å²) >= 11 is 6.28. The Kier molecular flexibility index (Phi) is 3.07. The second kappa shape index (κ2) is 4.74. The highest BCUT2D eigenvalue weighted by molar-refractivity contribution is 6.33. The summed E-state index contributed by atoms with van der Waals surface area (Å²) in [5, 5.41) is 0.605. The van der Waals surface area contributed by atoms with Gasteiger partial charge in [-0.2, -0.15) is 0 Å². The van der Waals surface area contributed by atoms with Crippen molar-refractivity contribution in [3.05, 3.63) is 46.6 Å². The Bertz CT molecular complexity index is 625. The summed E-state index contributed by atoms with van der Waals surface area (Å²) in [5.41, 5.74) is 10.2. The van der Waals surface area contributed by atoms with Crippen LogP contribution in [-0.4, -0.2) is 11.5 Å². The molecule has 2 N–H and O–H groups in total. The zero-order valence-electron chi connectivity index (χ0n) is 10.9. The molecular formula is C15H16ClN3. The van der Waals surface area contributed by atoms with Gasteiger partial charge in [0.15, 0.2) is 5.82 Å². The second-order valence-electron chi connectivity index (χ2n) is 4.96. The molecule has 0 bridgehead atoms. The van der Waals surface area contributed by atoms with Gasteiger partial charge in [0.25, 0.3) is 0 Å². The molecule has 1 aromatic carbocycles. The molecule has 0 saturated carbocycles. The number of anilines is 3. The Morgan fingerprint density at radius 1 is 1.32 bits per heavy atom. The molecule has 0 saturated heterocycles. The van der Waals surface area contributed by atoms with Crippen LogP contribution in [0, 0.1) is 6.92 Å². The molecule has 1 aliphatic heterocycles. The number of hydrogen-bond donors (Lipinski definition) is 1. The van der Waals surface area contributed by atoms with Crippen LogP contribution in [0.5, 0.6) is 0 Å². The van der Waals surface area contributed by atoms with E-state index in [9.17, 15) is 0 Å². The van der Waals surface area contributed by atoms with Crippen LogP contribution in [0.15, 0.2) is 30.5 Å². The van der Waals surface area contributed by atoms with Gasteiger partial charge >= 0.3 is 0 Å². The molecule has 2 heterocycles. The van der Waals surface area contributed by atoms with Crippen molar-refractivity contribution in [2.45, 2.75) is 19.8 Å². The van der Waals surface area contributed by atoms with Crippen molar-refractivity contribution in [3.8, 4) is 0 Å². The number of hydrogen-bond acceptors (Lipinski definition) is 3. The predicted molar refractivity (Wildman–Crippen MR) is 80.2 cm³/mol. The molecule has 0 unspecified atom stereocenters. The number of nitrogens with two attached hydrogens (primary N) is 1. The van der Waals surface area contributed by atoms with E-state index in [2.05, 4.69) is 35.0 Å². The molecule has 0 fully saturated rings. The van der Waals surface area contributed by atoms with Crippen LogP contribution in [0.1, 0.15) is 17.5 Å². The lowest BCUT2D eigenvalue weighted by Crippen LogP contribution is -2.25. The third-order valence-electron chi connectivity index (χ3n) is 3.45. The number of rotatable bonds is 1. The minimum Gasteiger partial charge on any atom is -0.397 e. The van der Waals surface area contributed by atoms with Gasteiger partial charge in [0.2, 0.25) is 0 Å². The average molecular weight is 274 g/mol. The third kappa shape index (κ3) is 2.26. The van der Waals surface area contributed by atoms with E-state index < -0.39 is 0 Å². The summed E-state index contributed by atoms with van der Waals surface area (Å²) in [6.45, 7) is 3.06. The molecule has 0 aliphatic carbocycles. The van der Waals surface area contributed by atoms with Crippen LogP contribution in [0.3, 0.4) is 0 Å². The van der Waals surface area contributed by atoms with E-state index in [1.807, 2.05) is 0 Å². The standard InChI is InChI=1S/C15H16ClN3/c1-10-4-5-14-11(7-10)3-2-6-19(14)15-13(16)8-12(17)9-18-15/h4-5,7-9H,2-3,6,17H2,1H3. The quantitative estimate of drug-likeness (QED) is 0.861. The molecule has 0 radical (unpaired) electrons. The van der Waals surface area contributed by atoms with Crippen LogP contribution in [0.2, 0.25) is 5.02 Å². The molecule has 1 aliphatic rings. The summed E-state index contributed by atoms with van der Waals surface area (Å²) in [6, 6.07) is 8.28. The molecular weight excluding hydrogens is 258 g/mol. The zero-order valence-corrected chi connectivity index (χ0v) is 11.6. The first-order valence-corrected chi connectivity index (χ1v) is 6.81. The molecule has 2 aromatic rings. The second-order valence-corrected chi connectivity index (χ2v) is 5.37. The van der Waals surface area contributed by atoms with Crippen LogP contribution in [0.4, 0.5) is 17.2 Å². The number of aryl methyl sites for hydroxylation is 2. The number of nitrogen functional groups attached to an aromatic ring is 1. The van der Waals surface area contributed by atoms with Crippen molar-refractivity contribution in [1.29, 1.82) is 0 Å². The van der Waals surface area contributed by atoms with Gasteiger partial charge in [-0.3, -0.25) is 0 Å². The van der Waals surface area contributed by atoms with Crippen molar-refractivity contribution in [2.75, 3.05) is 17.2 Å². The van der Waals surface area contributed by atoms with E-state index in [-0.39, 0.29) is 0 Å². The maximum absolute atomic E-state index is 6.28. The lowest BCUT2D eigenvalue weighted by Gasteiger charge is -2.31. The molecule has 98 valence electrons. The predicted octanol–water partition coefficient (Wildman–Crippen LogP) is 3.71. The van der Waals surface area contributed by atoms with Gasteiger partial charge in [0.05, 0.1) is 16.9 Å². The summed E-state index contributed by atoms with van der Waals surface area (Å²) in [7, 11) is 0. The maximum atomic E-state index is 6.28. The number of halogens is 1. The first-order valence-electron chi connectivity index (χ1n) is 6.43. The van der Waals surface area contributed by atoms with Crippen molar-refractivity contribution in [3.63, 3.8) is 0 Å². The van der Waals surface area contributed by atoms with Crippen LogP contribution in [-0.2, 0) is 6.42 Å². The first kappa shape index (κ1) is 12.3. The van der Waals surface area contributed by atoms with Gasteiger partial charge < -0.3 is 10.6 Å². The molecule has 19 heavy (non-hydrogen) atoms. The largest absolute Gasteiger partial charge is 0.397 e. The summed E-state index contributed by atoms with van der Waals surface area (Å²) in [6.07, 6.45) is 3.88. The minimum absolute atomic E-state index is 0.592. The fraction of sp³-hybridized carbons (Fsp3) is 0.267. The fourth-order valence-electron chi connectivity index (χ4n) is 2.59. The third-order valence-corrected chi connectivity index (χ3v) is 3.73. The van der Waals surface area contributed by atoms with E-state index >= 15 is 0 Å². The van der Waals surface area contributed by atoms with Crippen molar-refractivity contribution in [1.82, 2.24) is 4.98 Å². The number of fused-ring (bicyclic) bond motifs is 1. The van der Waals surface area contributed by atoms with E-state index in [1.54, 1.807) is 12.3 Å². The Hall–Kier alpha value is -1.74. The number of pyridine rings is 1. The van der Waals surface area contributed by atoms with Gasteiger partial charge in [0.1, 0.15) is 0 Å². The molecule has 3 rings (SSSR count). The molecule has 3 nitrogen and oxygen atoms in total. The van der Waals surface area contributed by atoms with E-state index in [0.29, 0.717) is 10.7 Å². The molecule has 0 atom stereocenters. The van der Waals surface area contributed by atoms with E-state index in [0.717, 1.165) is 25.2 Å². The minimum atomic E-state index is 0.592. The summed E-state index contributed by atoms with van der Waals surface area (Å²) in [5.74, 6) is 0.792. The van der Waals surface area contributed by atoms with Crippen molar-refractivity contribution in [2.24, 2.45) is 0 Å². The Balaban J connectivity index is 2.08. The fourth-order valence-corrected chi connectivity index (χ4v) is 2.87. The molecule has 1 aromatic heterocycles. The summed E-state index contributed by atoms with van der Waals surface area (Å²) in [4.78, 5) is 6.57. The molecule has 0 spiro atoms. The first-order chi connectivity index (χ1) is 9.15. The van der Waals surface area contributed by atoms with Gasteiger partial charge in [-0.25, -0.2) is 4.98 Å². The zero-order chi connectivity index (χ0) is 13.4. The topological polar surface area (TPSA) is 42.2 Å². The van der Waals surface area contributed by atoms with Crippen LogP contribution < -0.4 is 10.6 Å². The highest BCUT2D eigenvalue weighted by Gasteiger charge is 2.21. The monoisotopic (exact) mass is 273 g/mol. The lowest BCUT2D eigenvalue weighted by molar-refractivity contribution is 0.759. The Morgan fingerprint density at radius 2 is 2.16 bits per heavy atom. The lowest BCUT2D eigenvalue weighted by atomic mass is 9.99. The average Bonchev–Trinajstić information content (AvgIpc) is 2.38. The SMILES string of the molecule is Cc1ccc2c(c1)CCCN2c1ncc(N)cc1Cl. The molecule has 4 heteroatoms. The van der Waals surface area contributed by atoms with Gasteiger partial charge in [-0.15, -0.1) is 0 Å². The van der Waals surface area contributed by atoms with Gasteiger partial charge in [-0.1, -0.05) is 29.3 Å². The van der Waals surface area contributed by atoms with Crippen molar-refractivity contribution < 1.29 is 0 Å². The number of aromatic nitrogens is 1. The van der Waals surface area contributed by atoms with Gasteiger partial charge in [-0.05, 0) is 37.5 Å². The smallest absolute Gasteiger partial charge is 0.151 e. The normalized spacial score (nSPS) is 14.3. The van der Waals surface area contributed by atoms with Crippen LogP contribution in [0.25, 0.3) is 0 Å². The Labute approximate surface area is 118 Å². The number of benzene rings is 1. The summed E-state index contributed by atoms with van der Waals surface area (Å²) < 4.78 is 0. The number of nitrogens with zero attached hydrogens (tertiary/aromatic N) is 2. The Morgan fingerprint density at radius 3 is 2.95 bits per heavy atom. The van der Waals surface area contributed by atoms with Gasteiger partial charge in [0, 0.05) is 12.2 Å². The van der Waals surface area contributed by atoms with E-state index in [4.69, 9.17) is 17.3 Å². The maximum Gasteiger partial charge on any atom is 0.151 e. The highest BCUT2D eigenvalue weighted by atomic mass is 35.5. The molecule has 0 amide bonds.